The Kier molecular flexibility index (Phi) is 5.90. The van der Waals surface area contributed by atoms with Gasteiger partial charge >= 0.3 is 0 Å². The van der Waals surface area contributed by atoms with Crippen LogP contribution in [0.2, 0.25) is 0 Å². The van der Waals surface area contributed by atoms with Crippen LogP contribution in [0.1, 0.15) is 45.6 Å². The zero-order valence-corrected chi connectivity index (χ0v) is 13.4. The van der Waals surface area contributed by atoms with Crippen LogP contribution < -0.4 is 5.32 Å². The standard InChI is InChI=1S/C18H30N2/c1-4-9-16-10-6-7-12-18(16)19-15(3)17-11-8-13-20(5-2)14-17/h6-7,10,12,15,17,19H,4-5,8-9,11,13-14H2,1-3H3. The Morgan fingerprint density at radius 2 is 2.10 bits per heavy atom. The molecular formula is C18H30N2. The molecule has 2 rings (SSSR count). The molecule has 112 valence electrons. The lowest BCUT2D eigenvalue weighted by Gasteiger charge is -2.36. The molecule has 1 aromatic carbocycles. The fourth-order valence-electron chi connectivity index (χ4n) is 3.30. The van der Waals surface area contributed by atoms with Crippen molar-refractivity contribution in [3.8, 4) is 0 Å². The maximum absolute atomic E-state index is 3.78. The highest BCUT2D eigenvalue weighted by Crippen LogP contribution is 2.24. The molecule has 0 amide bonds. The van der Waals surface area contributed by atoms with E-state index in [1.807, 2.05) is 0 Å². The Hall–Kier alpha value is -1.02. The van der Waals surface area contributed by atoms with Crippen molar-refractivity contribution in [2.75, 3.05) is 25.0 Å². The van der Waals surface area contributed by atoms with E-state index in [-0.39, 0.29) is 0 Å². The Morgan fingerprint density at radius 3 is 2.85 bits per heavy atom. The minimum absolute atomic E-state index is 0.558. The molecular weight excluding hydrogens is 244 g/mol. The Labute approximate surface area is 124 Å². The van der Waals surface area contributed by atoms with Crippen LogP contribution >= 0.6 is 0 Å². The molecule has 0 aromatic heterocycles. The van der Waals surface area contributed by atoms with E-state index in [9.17, 15) is 0 Å². The fraction of sp³-hybridized carbons (Fsp3) is 0.667. The van der Waals surface area contributed by atoms with E-state index < -0.39 is 0 Å². The van der Waals surface area contributed by atoms with Crippen LogP contribution in [-0.4, -0.2) is 30.6 Å². The second-order valence-corrected chi connectivity index (χ2v) is 6.14. The summed E-state index contributed by atoms with van der Waals surface area (Å²) in [4.78, 5) is 2.59. The van der Waals surface area contributed by atoms with Crippen molar-refractivity contribution in [2.45, 2.75) is 52.5 Å². The van der Waals surface area contributed by atoms with Gasteiger partial charge in [0.1, 0.15) is 0 Å². The van der Waals surface area contributed by atoms with Gasteiger partial charge in [-0.15, -0.1) is 0 Å². The van der Waals surface area contributed by atoms with Crippen molar-refractivity contribution in [1.82, 2.24) is 4.90 Å². The lowest BCUT2D eigenvalue weighted by atomic mass is 9.91. The summed E-state index contributed by atoms with van der Waals surface area (Å²) in [5.41, 5.74) is 2.81. The number of likely N-dealkylation sites (tertiary alicyclic amines) is 1. The molecule has 0 aliphatic carbocycles. The molecule has 1 aliphatic rings. The predicted molar refractivity (Wildman–Crippen MR) is 88.4 cm³/mol. The highest BCUT2D eigenvalue weighted by Gasteiger charge is 2.24. The maximum Gasteiger partial charge on any atom is 0.0374 e. The van der Waals surface area contributed by atoms with E-state index in [2.05, 4.69) is 55.3 Å². The van der Waals surface area contributed by atoms with Crippen LogP contribution in [0.25, 0.3) is 0 Å². The van der Waals surface area contributed by atoms with Crippen molar-refractivity contribution >= 4 is 5.69 Å². The third-order valence-electron chi connectivity index (χ3n) is 4.62. The summed E-state index contributed by atoms with van der Waals surface area (Å²) < 4.78 is 0. The minimum Gasteiger partial charge on any atom is -0.382 e. The molecule has 1 aromatic rings. The molecule has 1 aliphatic heterocycles. The van der Waals surface area contributed by atoms with E-state index in [4.69, 9.17) is 0 Å². The average molecular weight is 274 g/mol. The summed E-state index contributed by atoms with van der Waals surface area (Å²) in [6.45, 7) is 10.6. The van der Waals surface area contributed by atoms with Gasteiger partial charge in [-0.25, -0.2) is 0 Å². The van der Waals surface area contributed by atoms with Gasteiger partial charge in [0.05, 0.1) is 0 Å². The summed E-state index contributed by atoms with van der Waals surface area (Å²) >= 11 is 0. The van der Waals surface area contributed by atoms with Gasteiger partial charge in [-0.1, -0.05) is 38.5 Å². The van der Waals surface area contributed by atoms with E-state index >= 15 is 0 Å². The number of hydrogen-bond donors (Lipinski definition) is 1. The molecule has 2 atom stereocenters. The third kappa shape index (κ3) is 3.99. The highest BCUT2D eigenvalue weighted by molar-refractivity contribution is 5.51. The first kappa shape index (κ1) is 15.4. The summed E-state index contributed by atoms with van der Waals surface area (Å²) in [7, 11) is 0. The zero-order valence-electron chi connectivity index (χ0n) is 13.4. The number of rotatable bonds is 6. The molecule has 0 radical (unpaired) electrons. The van der Waals surface area contributed by atoms with Gasteiger partial charge in [0.15, 0.2) is 0 Å². The molecule has 1 saturated heterocycles. The average Bonchev–Trinajstić information content (AvgIpc) is 2.49. The molecule has 1 heterocycles. The number of aryl methyl sites for hydroxylation is 1. The molecule has 2 unspecified atom stereocenters. The summed E-state index contributed by atoms with van der Waals surface area (Å²) in [6.07, 6.45) is 5.09. The van der Waals surface area contributed by atoms with Gasteiger partial charge in [-0.05, 0) is 56.8 Å². The number of nitrogens with one attached hydrogen (secondary N) is 1. The molecule has 1 fully saturated rings. The number of benzene rings is 1. The summed E-state index contributed by atoms with van der Waals surface area (Å²) in [5, 5.41) is 3.78. The SMILES string of the molecule is CCCc1ccccc1NC(C)C1CCCN(CC)C1. The van der Waals surface area contributed by atoms with Crippen LogP contribution in [0.5, 0.6) is 0 Å². The van der Waals surface area contributed by atoms with Crippen LogP contribution in [0, 0.1) is 5.92 Å². The lowest BCUT2D eigenvalue weighted by Crippen LogP contribution is -2.41. The number of para-hydroxylation sites is 1. The quantitative estimate of drug-likeness (QED) is 0.837. The van der Waals surface area contributed by atoms with Gasteiger partial charge in [0.2, 0.25) is 0 Å². The van der Waals surface area contributed by atoms with Crippen molar-refractivity contribution < 1.29 is 0 Å². The second-order valence-electron chi connectivity index (χ2n) is 6.14. The van der Waals surface area contributed by atoms with E-state index in [1.54, 1.807) is 0 Å². The number of anilines is 1. The van der Waals surface area contributed by atoms with Gasteiger partial charge in [0, 0.05) is 18.3 Å². The number of piperidine rings is 1. The molecule has 2 nitrogen and oxygen atoms in total. The minimum atomic E-state index is 0.558. The van der Waals surface area contributed by atoms with Crippen molar-refractivity contribution in [1.29, 1.82) is 0 Å². The van der Waals surface area contributed by atoms with Crippen LogP contribution in [-0.2, 0) is 6.42 Å². The van der Waals surface area contributed by atoms with Gasteiger partial charge < -0.3 is 10.2 Å². The lowest BCUT2D eigenvalue weighted by molar-refractivity contribution is 0.172. The molecule has 1 N–H and O–H groups in total. The smallest absolute Gasteiger partial charge is 0.0374 e. The third-order valence-corrected chi connectivity index (χ3v) is 4.62. The van der Waals surface area contributed by atoms with E-state index in [0.29, 0.717) is 6.04 Å². The van der Waals surface area contributed by atoms with Crippen LogP contribution in [0.15, 0.2) is 24.3 Å². The first-order chi connectivity index (χ1) is 9.74. The van der Waals surface area contributed by atoms with Crippen LogP contribution in [0.4, 0.5) is 5.69 Å². The maximum atomic E-state index is 3.78. The van der Waals surface area contributed by atoms with Gasteiger partial charge in [-0.3, -0.25) is 0 Å². The highest BCUT2D eigenvalue weighted by atomic mass is 15.1. The Bertz CT molecular complexity index is 402. The summed E-state index contributed by atoms with van der Waals surface area (Å²) in [6, 6.07) is 9.36. The molecule has 20 heavy (non-hydrogen) atoms. The molecule has 2 heteroatoms. The zero-order chi connectivity index (χ0) is 14.4. The van der Waals surface area contributed by atoms with E-state index in [0.717, 1.165) is 5.92 Å². The number of hydrogen-bond acceptors (Lipinski definition) is 2. The van der Waals surface area contributed by atoms with Crippen molar-refractivity contribution in [2.24, 2.45) is 5.92 Å². The van der Waals surface area contributed by atoms with Crippen LogP contribution in [0.3, 0.4) is 0 Å². The summed E-state index contributed by atoms with van der Waals surface area (Å²) in [5.74, 6) is 0.776. The molecule has 0 spiro atoms. The van der Waals surface area contributed by atoms with Crippen molar-refractivity contribution in [3.05, 3.63) is 29.8 Å². The number of nitrogens with zero attached hydrogens (tertiary/aromatic N) is 1. The molecule has 0 bridgehead atoms. The van der Waals surface area contributed by atoms with Gasteiger partial charge in [0.25, 0.3) is 0 Å². The second kappa shape index (κ2) is 7.68. The predicted octanol–water partition coefficient (Wildman–Crippen LogP) is 4.17. The first-order valence-corrected chi connectivity index (χ1v) is 8.31. The molecule has 0 saturated carbocycles. The van der Waals surface area contributed by atoms with E-state index in [1.165, 1.54) is 56.6 Å². The normalized spacial score (nSPS) is 21.6. The largest absolute Gasteiger partial charge is 0.382 e. The fourth-order valence-corrected chi connectivity index (χ4v) is 3.30. The van der Waals surface area contributed by atoms with Gasteiger partial charge in [-0.2, -0.15) is 0 Å². The first-order valence-electron chi connectivity index (χ1n) is 8.31. The Balaban J connectivity index is 1.98. The monoisotopic (exact) mass is 274 g/mol. The topological polar surface area (TPSA) is 15.3 Å². The van der Waals surface area contributed by atoms with Crippen molar-refractivity contribution in [3.63, 3.8) is 0 Å². The Morgan fingerprint density at radius 1 is 1.30 bits per heavy atom.